The summed E-state index contributed by atoms with van der Waals surface area (Å²) in [6.45, 7) is 1.92. The van der Waals surface area contributed by atoms with Crippen LogP contribution in [-0.4, -0.2) is 30.2 Å². The molecular weight excluding hydrogens is 264 g/mol. The number of anilines is 1. The molecule has 2 rings (SSSR count). The zero-order valence-electron chi connectivity index (χ0n) is 12.5. The van der Waals surface area contributed by atoms with Gasteiger partial charge in [-0.05, 0) is 30.7 Å². The number of hydrogen-bond acceptors (Lipinski definition) is 3. The van der Waals surface area contributed by atoms with Gasteiger partial charge in [0.25, 0.3) is 0 Å². The number of amides is 1. The van der Waals surface area contributed by atoms with E-state index >= 15 is 0 Å². The van der Waals surface area contributed by atoms with E-state index in [0.29, 0.717) is 0 Å². The van der Waals surface area contributed by atoms with Crippen LogP contribution in [0.25, 0.3) is 6.08 Å². The lowest BCUT2D eigenvalue weighted by molar-refractivity contribution is -0.117. The minimum absolute atomic E-state index is 0.0722. The van der Waals surface area contributed by atoms with Crippen LogP contribution in [0.3, 0.4) is 0 Å². The van der Waals surface area contributed by atoms with Crippen LogP contribution in [-0.2, 0) is 4.79 Å². The third kappa shape index (κ3) is 4.21. The van der Waals surface area contributed by atoms with Crippen LogP contribution in [0.2, 0.25) is 0 Å². The van der Waals surface area contributed by atoms with Crippen molar-refractivity contribution in [1.29, 1.82) is 0 Å². The lowest BCUT2D eigenvalue weighted by Gasteiger charge is -2.12. The lowest BCUT2D eigenvalue weighted by Crippen LogP contribution is -2.24. The Bertz CT molecular complexity index is 600. The molecule has 21 heavy (non-hydrogen) atoms. The Kier molecular flexibility index (Phi) is 4.77. The highest BCUT2D eigenvalue weighted by atomic mass is 16.1. The summed E-state index contributed by atoms with van der Waals surface area (Å²) in [4.78, 5) is 13.9. The lowest BCUT2D eigenvalue weighted by atomic mass is 10.1. The quantitative estimate of drug-likeness (QED) is 0.829. The van der Waals surface area contributed by atoms with Gasteiger partial charge in [-0.2, -0.15) is 5.10 Å². The van der Waals surface area contributed by atoms with Crippen LogP contribution >= 0.6 is 0 Å². The molecule has 0 fully saturated rings. The van der Waals surface area contributed by atoms with E-state index < -0.39 is 0 Å². The van der Waals surface area contributed by atoms with Crippen molar-refractivity contribution in [2.45, 2.75) is 13.0 Å². The third-order valence-electron chi connectivity index (χ3n) is 3.21. The molecule has 0 bridgehead atoms. The van der Waals surface area contributed by atoms with Gasteiger partial charge in [0.05, 0.1) is 12.2 Å². The minimum Gasteiger partial charge on any atom is -0.378 e. The largest absolute Gasteiger partial charge is 0.378 e. The van der Waals surface area contributed by atoms with Crippen molar-refractivity contribution in [3.63, 3.8) is 0 Å². The zero-order chi connectivity index (χ0) is 15.2. The van der Waals surface area contributed by atoms with E-state index in [2.05, 4.69) is 15.5 Å². The molecule has 1 aromatic heterocycles. The Morgan fingerprint density at radius 1 is 1.33 bits per heavy atom. The van der Waals surface area contributed by atoms with Gasteiger partial charge in [-0.3, -0.25) is 9.89 Å². The van der Waals surface area contributed by atoms with E-state index in [1.165, 1.54) is 0 Å². The van der Waals surface area contributed by atoms with Gasteiger partial charge in [-0.25, -0.2) is 0 Å². The Morgan fingerprint density at radius 3 is 2.62 bits per heavy atom. The summed E-state index contributed by atoms with van der Waals surface area (Å²) in [6.07, 6.45) is 6.82. The second-order valence-corrected chi connectivity index (χ2v) is 5.08. The fourth-order valence-corrected chi connectivity index (χ4v) is 1.90. The fraction of sp³-hybridized carbons (Fsp3) is 0.250. The number of rotatable bonds is 5. The highest BCUT2D eigenvalue weighted by molar-refractivity contribution is 5.92. The molecule has 0 saturated carbocycles. The maximum atomic E-state index is 11.9. The molecule has 0 radical (unpaired) electrons. The standard InChI is InChI=1S/C16H20N4O/c1-12(14-10-17-18-11-14)19-16(21)9-6-13-4-7-15(8-5-13)20(2)3/h4-12H,1-3H3,(H,17,18)(H,19,21)/b9-6+. The van der Waals surface area contributed by atoms with Crippen molar-refractivity contribution in [2.75, 3.05) is 19.0 Å². The maximum Gasteiger partial charge on any atom is 0.244 e. The first-order valence-corrected chi connectivity index (χ1v) is 6.81. The van der Waals surface area contributed by atoms with Crippen LogP contribution in [0.4, 0.5) is 5.69 Å². The smallest absolute Gasteiger partial charge is 0.244 e. The van der Waals surface area contributed by atoms with E-state index in [1.54, 1.807) is 24.5 Å². The SMILES string of the molecule is CC(NC(=O)/C=C/c1ccc(N(C)C)cc1)c1cn[nH]c1. The molecule has 0 saturated heterocycles. The molecule has 5 heteroatoms. The molecule has 5 nitrogen and oxygen atoms in total. The highest BCUT2D eigenvalue weighted by Gasteiger charge is 2.07. The first-order chi connectivity index (χ1) is 10.1. The molecule has 2 N–H and O–H groups in total. The molecule has 0 aliphatic heterocycles. The Labute approximate surface area is 124 Å². The van der Waals surface area contributed by atoms with Crippen LogP contribution in [0.5, 0.6) is 0 Å². The normalized spacial score (nSPS) is 12.3. The van der Waals surface area contributed by atoms with Gasteiger partial charge < -0.3 is 10.2 Å². The van der Waals surface area contributed by atoms with Gasteiger partial charge in [0.2, 0.25) is 5.91 Å². The number of carbonyl (C=O) groups is 1. The molecule has 1 amide bonds. The molecular formula is C16H20N4O. The Balaban J connectivity index is 1.92. The molecule has 0 aliphatic rings. The number of aromatic amines is 1. The van der Waals surface area contributed by atoms with E-state index in [-0.39, 0.29) is 11.9 Å². The molecule has 1 atom stereocenters. The monoisotopic (exact) mass is 284 g/mol. The molecule has 1 heterocycles. The maximum absolute atomic E-state index is 11.9. The second-order valence-electron chi connectivity index (χ2n) is 5.08. The van der Waals surface area contributed by atoms with E-state index in [4.69, 9.17) is 0 Å². The average molecular weight is 284 g/mol. The summed E-state index contributed by atoms with van der Waals surface area (Å²) >= 11 is 0. The summed E-state index contributed by atoms with van der Waals surface area (Å²) in [5.41, 5.74) is 3.07. The van der Waals surface area contributed by atoms with Crippen molar-refractivity contribution in [1.82, 2.24) is 15.5 Å². The van der Waals surface area contributed by atoms with Gasteiger partial charge in [-0.15, -0.1) is 0 Å². The Morgan fingerprint density at radius 2 is 2.05 bits per heavy atom. The van der Waals surface area contributed by atoms with Crippen LogP contribution in [0.15, 0.2) is 42.7 Å². The van der Waals surface area contributed by atoms with Crippen molar-refractivity contribution >= 4 is 17.7 Å². The summed E-state index contributed by atoms with van der Waals surface area (Å²) in [6, 6.07) is 7.94. The number of aromatic nitrogens is 2. The molecule has 0 spiro atoms. The van der Waals surface area contributed by atoms with Gasteiger partial charge in [0, 0.05) is 37.6 Å². The predicted octanol–water partition coefficient (Wildman–Crippen LogP) is 2.37. The summed E-state index contributed by atoms with van der Waals surface area (Å²) in [5.74, 6) is -0.125. The van der Waals surface area contributed by atoms with Crippen molar-refractivity contribution in [3.05, 3.63) is 53.9 Å². The number of carbonyl (C=O) groups excluding carboxylic acids is 1. The Hall–Kier alpha value is -2.56. The van der Waals surface area contributed by atoms with Crippen LogP contribution < -0.4 is 10.2 Å². The van der Waals surface area contributed by atoms with Crippen molar-refractivity contribution in [2.24, 2.45) is 0 Å². The third-order valence-corrected chi connectivity index (χ3v) is 3.21. The summed E-state index contributed by atoms with van der Waals surface area (Å²) in [5, 5.41) is 9.49. The topological polar surface area (TPSA) is 61.0 Å². The first-order valence-electron chi connectivity index (χ1n) is 6.81. The number of H-pyrrole nitrogens is 1. The van der Waals surface area contributed by atoms with E-state index in [1.807, 2.05) is 50.2 Å². The van der Waals surface area contributed by atoms with E-state index in [9.17, 15) is 4.79 Å². The van der Waals surface area contributed by atoms with Crippen molar-refractivity contribution in [3.8, 4) is 0 Å². The van der Waals surface area contributed by atoms with E-state index in [0.717, 1.165) is 16.8 Å². The van der Waals surface area contributed by atoms with Gasteiger partial charge in [0.1, 0.15) is 0 Å². The number of nitrogens with one attached hydrogen (secondary N) is 2. The molecule has 0 aliphatic carbocycles. The fourth-order valence-electron chi connectivity index (χ4n) is 1.90. The number of benzene rings is 1. The number of nitrogens with zero attached hydrogens (tertiary/aromatic N) is 2. The van der Waals surface area contributed by atoms with Gasteiger partial charge in [0.15, 0.2) is 0 Å². The van der Waals surface area contributed by atoms with Crippen LogP contribution in [0, 0.1) is 0 Å². The summed E-state index contributed by atoms with van der Waals surface area (Å²) in [7, 11) is 3.99. The molecule has 1 unspecified atom stereocenters. The highest BCUT2D eigenvalue weighted by Crippen LogP contribution is 2.13. The van der Waals surface area contributed by atoms with Crippen molar-refractivity contribution < 1.29 is 4.79 Å². The molecule has 110 valence electrons. The van der Waals surface area contributed by atoms with Gasteiger partial charge in [-0.1, -0.05) is 12.1 Å². The zero-order valence-corrected chi connectivity index (χ0v) is 12.5. The second kappa shape index (κ2) is 6.74. The average Bonchev–Trinajstić information content (AvgIpc) is 3.00. The first kappa shape index (κ1) is 14.8. The molecule has 2 aromatic rings. The number of hydrogen-bond donors (Lipinski definition) is 2. The van der Waals surface area contributed by atoms with Gasteiger partial charge >= 0.3 is 0 Å². The minimum atomic E-state index is -0.125. The van der Waals surface area contributed by atoms with Crippen LogP contribution in [0.1, 0.15) is 24.1 Å². The predicted molar refractivity (Wildman–Crippen MR) is 84.9 cm³/mol. The molecule has 1 aromatic carbocycles. The summed E-state index contributed by atoms with van der Waals surface area (Å²) < 4.78 is 0.